The summed E-state index contributed by atoms with van der Waals surface area (Å²) in [6.45, 7) is 11.3. The third-order valence-corrected chi connectivity index (χ3v) is 9.70. The molecule has 0 radical (unpaired) electrons. The molecule has 3 aromatic heterocycles. The van der Waals surface area contributed by atoms with Crippen molar-refractivity contribution in [1.82, 2.24) is 4.57 Å². The van der Waals surface area contributed by atoms with Crippen LogP contribution in [-0.2, 0) is 6.54 Å². The van der Waals surface area contributed by atoms with Crippen molar-refractivity contribution in [3.63, 3.8) is 0 Å². The highest BCUT2D eigenvalue weighted by Crippen LogP contribution is 2.41. The Kier molecular flexibility index (Phi) is 9.40. The highest BCUT2D eigenvalue weighted by Gasteiger charge is 2.18. The SMILES string of the molecule is CCCC(=N\c1ccccc1C)/C(C#N)=C/c1cc2c(s1)c1sc(/C=C(N)/C(C)=N/c3ccccc3C)cc1n2CCC. The number of benzene rings is 2. The summed E-state index contributed by atoms with van der Waals surface area (Å²) in [5.74, 6) is 0. The number of hydrogen-bond donors (Lipinski definition) is 1. The van der Waals surface area contributed by atoms with E-state index in [2.05, 4.69) is 62.6 Å². The van der Waals surface area contributed by atoms with Gasteiger partial charge in [-0.3, -0.25) is 9.98 Å². The van der Waals surface area contributed by atoms with E-state index in [9.17, 15) is 5.26 Å². The number of para-hydroxylation sites is 2. The summed E-state index contributed by atoms with van der Waals surface area (Å²) in [5, 5.41) is 10.2. The van der Waals surface area contributed by atoms with Gasteiger partial charge in [0.25, 0.3) is 0 Å². The molecule has 3 heterocycles. The second-order valence-electron chi connectivity index (χ2n) is 10.7. The zero-order chi connectivity index (χ0) is 30.5. The molecule has 0 aliphatic rings. The van der Waals surface area contributed by atoms with Gasteiger partial charge < -0.3 is 10.3 Å². The summed E-state index contributed by atoms with van der Waals surface area (Å²) in [7, 11) is 0. The first kappa shape index (κ1) is 30.2. The predicted octanol–water partition coefficient (Wildman–Crippen LogP) is 10.5. The number of nitrogens with zero attached hydrogens (tertiary/aromatic N) is 4. The van der Waals surface area contributed by atoms with E-state index in [1.807, 2.05) is 55.5 Å². The van der Waals surface area contributed by atoms with Gasteiger partial charge in [-0.2, -0.15) is 5.26 Å². The number of aryl methyl sites for hydroxylation is 3. The number of fused-ring (bicyclic) bond motifs is 3. The van der Waals surface area contributed by atoms with E-state index in [1.165, 1.54) is 20.4 Å². The van der Waals surface area contributed by atoms with Gasteiger partial charge in [0.2, 0.25) is 0 Å². The lowest BCUT2D eigenvalue weighted by atomic mass is 10.1. The minimum absolute atomic E-state index is 0.623. The number of nitrogens with two attached hydrogens (primary N) is 1. The second kappa shape index (κ2) is 13.4. The van der Waals surface area contributed by atoms with Gasteiger partial charge >= 0.3 is 0 Å². The van der Waals surface area contributed by atoms with Crippen LogP contribution in [0.5, 0.6) is 0 Å². The fourth-order valence-corrected chi connectivity index (χ4v) is 7.47. The zero-order valence-electron chi connectivity index (χ0n) is 25.4. The monoisotopic (exact) mass is 603 g/mol. The zero-order valence-corrected chi connectivity index (χ0v) is 27.1. The molecule has 2 N–H and O–H groups in total. The lowest BCUT2D eigenvalue weighted by Gasteiger charge is -2.06. The maximum atomic E-state index is 10.2. The smallest absolute Gasteiger partial charge is 0.101 e. The van der Waals surface area contributed by atoms with E-state index in [1.54, 1.807) is 22.7 Å². The van der Waals surface area contributed by atoms with Gasteiger partial charge in [0.1, 0.15) is 6.07 Å². The molecule has 0 fully saturated rings. The summed E-state index contributed by atoms with van der Waals surface area (Å²) in [6.07, 6.45) is 6.74. The largest absolute Gasteiger partial charge is 0.397 e. The van der Waals surface area contributed by atoms with Gasteiger partial charge in [-0.15, -0.1) is 22.7 Å². The third kappa shape index (κ3) is 6.56. The quantitative estimate of drug-likeness (QED) is 0.127. The molecule has 0 bridgehead atoms. The fraction of sp³-hybridized carbons (Fsp3) is 0.250. The second-order valence-corrected chi connectivity index (χ2v) is 12.9. The van der Waals surface area contributed by atoms with Crippen molar-refractivity contribution in [2.75, 3.05) is 0 Å². The molecular formula is C36H37N5S2. The van der Waals surface area contributed by atoms with Crippen molar-refractivity contribution in [1.29, 1.82) is 5.26 Å². The minimum atomic E-state index is 0.623. The van der Waals surface area contributed by atoms with Crippen LogP contribution >= 0.6 is 22.7 Å². The molecule has 218 valence electrons. The predicted molar refractivity (Wildman–Crippen MR) is 188 cm³/mol. The van der Waals surface area contributed by atoms with Crippen LogP contribution in [0.25, 0.3) is 32.6 Å². The van der Waals surface area contributed by atoms with Crippen LogP contribution in [0, 0.1) is 25.2 Å². The number of aliphatic imine (C=N–C) groups is 2. The summed E-state index contributed by atoms with van der Waals surface area (Å²) in [4.78, 5) is 11.9. The molecule has 5 nitrogen and oxygen atoms in total. The van der Waals surface area contributed by atoms with Crippen LogP contribution in [0.15, 0.2) is 81.9 Å². The highest BCUT2D eigenvalue weighted by atomic mass is 32.1. The average molecular weight is 604 g/mol. The summed E-state index contributed by atoms with van der Waals surface area (Å²) in [6, 6.07) is 23.0. The van der Waals surface area contributed by atoms with Gasteiger partial charge in [-0.25, -0.2) is 0 Å². The van der Waals surface area contributed by atoms with Crippen molar-refractivity contribution in [3.05, 3.63) is 92.8 Å². The molecule has 0 aliphatic carbocycles. The van der Waals surface area contributed by atoms with Crippen LogP contribution < -0.4 is 5.73 Å². The first-order valence-electron chi connectivity index (χ1n) is 14.7. The molecule has 0 aliphatic heterocycles. The van der Waals surface area contributed by atoms with E-state index in [0.29, 0.717) is 11.3 Å². The Bertz CT molecular complexity index is 1950. The number of thiophene rings is 2. The Balaban J connectivity index is 1.54. The van der Waals surface area contributed by atoms with Crippen molar-refractivity contribution in [2.24, 2.45) is 15.7 Å². The normalized spacial score (nSPS) is 13.3. The van der Waals surface area contributed by atoms with E-state index in [0.717, 1.165) is 69.5 Å². The molecule has 0 saturated heterocycles. The molecule has 5 aromatic rings. The Labute approximate surface area is 262 Å². The first-order valence-corrected chi connectivity index (χ1v) is 16.4. The lowest BCUT2D eigenvalue weighted by molar-refractivity contribution is 0.724. The number of rotatable bonds is 10. The number of nitriles is 1. The van der Waals surface area contributed by atoms with E-state index in [-0.39, 0.29) is 0 Å². The van der Waals surface area contributed by atoms with Crippen molar-refractivity contribution < 1.29 is 0 Å². The first-order chi connectivity index (χ1) is 20.8. The van der Waals surface area contributed by atoms with Gasteiger partial charge in [0.05, 0.1) is 54.5 Å². The topological polar surface area (TPSA) is 79.5 Å². The Hall–Kier alpha value is -4.25. The van der Waals surface area contributed by atoms with Gasteiger partial charge in [0, 0.05) is 16.3 Å². The molecule has 0 saturated carbocycles. The molecule has 0 spiro atoms. The van der Waals surface area contributed by atoms with Crippen molar-refractivity contribution in [2.45, 2.75) is 60.4 Å². The third-order valence-electron chi connectivity index (χ3n) is 7.39. The standard InChI is InChI=1S/C36H37N5S2/c1-6-12-32(40-31-16-11-9-14-24(31)4)26(22-37)18-27-20-33-35(42-27)36-34(41(33)17-7-2)21-28(43-36)19-29(38)25(5)39-30-15-10-8-13-23(30)3/h8-11,13-16,18-21H,6-7,12,17,38H2,1-5H3/b26-18+,29-19-,39-25+,40-32+. The Morgan fingerprint density at radius 2 is 1.42 bits per heavy atom. The molecule has 0 atom stereocenters. The molecule has 7 heteroatoms. The van der Waals surface area contributed by atoms with Gasteiger partial charge in [0.15, 0.2) is 0 Å². The minimum Gasteiger partial charge on any atom is -0.397 e. The van der Waals surface area contributed by atoms with Crippen LogP contribution in [0.1, 0.15) is 60.9 Å². The molecule has 0 amide bonds. The Morgan fingerprint density at radius 1 is 0.860 bits per heavy atom. The van der Waals surface area contributed by atoms with E-state index < -0.39 is 0 Å². The average Bonchev–Trinajstić information content (AvgIpc) is 3.66. The molecular weight excluding hydrogens is 567 g/mol. The number of hydrogen-bond acceptors (Lipinski definition) is 6. The molecule has 2 aromatic carbocycles. The van der Waals surface area contributed by atoms with Gasteiger partial charge in [-0.05, 0) is 81.2 Å². The van der Waals surface area contributed by atoms with E-state index in [4.69, 9.17) is 15.7 Å². The molecule has 5 rings (SSSR count). The molecule has 43 heavy (non-hydrogen) atoms. The van der Waals surface area contributed by atoms with Gasteiger partial charge in [-0.1, -0.05) is 56.7 Å². The van der Waals surface area contributed by atoms with Crippen LogP contribution in [0.3, 0.4) is 0 Å². The van der Waals surface area contributed by atoms with Crippen LogP contribution in [0.4, 0.5) is 11.4 Å². The van der Waals surface area contributed by atoms with Crippen LogP contribution in [-0.4, -0.2) is 16.0 Å². The van der Waals surface area contributed by atoms with Crippen molar-refractivity contribution in [3.8, 4) is 6.07 Å². The maximum absolute atomic E-state index is 10.2. The number of aromatic nitrogens is 1. The lowest BCUT2D eigenvalue weighted by Crippen LogP contribution is -2.06. The Morgan fingerprint density at radius 3 is 1.95 bits per heavy atom. The van der Waals surface area contributed by atoms with Crippen molar-refractivity contribution >= 4 is 78.1 Å². The highest BCUT2D eigenvalue weighted by molar-refractivity contribution is 7.28. The summed E-state index contributed by atoms with van der Waals surface area (Å²) >= 11 is 3.49. The number of allylic oxidation sites excluding steroid dienone is 2. The fourth-order valence-electron chi connectivity index (χ4n) is 5.10. The van der Waals surface area contributed by atoms with E-state index >= 15 is 0 Å². The summed E-state index contributed by atoms with van der Waals surface area (Å²) in [5.41, 5.74) is 16.0. The maximum Gasteiger partial charge on any atom is 0.101 e. The van der Waals surface area contributed by atoms with Crippen LogP contribution in [0.2, 0.25) is 0 Å². The summed E-state index contributed by atoms with van der Waals surface area (Å²) < 4.78 is 4.90. The molecule has 0 unspecified atom stereocenters.